The summed E-state index contributed by atoms with van der Waals surface area (Å²) >= 11 is 1.42. The number of carbonyl (C=O) groups excluding carboxylic acids is 1. The average Bonchev–Trinajstić information content (AvgIpc) is 3.21. The zero-order valence-corrected chi connectivity index (χ0v) is 16.7. The normalized spacial score (nSPS) is 10.8. The summed E-state index contributed by atoms with van der Waals surface area (Å²) in [5.74, 6) is -0.342. The number of non-ortho nitro benzene ring substituents is 1. The molecule has 0 aliphatic rings. The van der Waals surface area contributed by atoms with E-state index in [1.807, 2.05) is 30.3 Å². The first-order valence-corrected chi connectivity index (χ1v) is 9.81. The third-order valence-electron chi connectivity index (χ3n) is 4.70. The van der Waals surface area contributed by atoms with Crippen LogP contribution in [-0.2, 0) is 11.3 Å². The molecule has 0 aliphatic heterocycles. The van der Waals surface area contributed by atoms with Crippen molar-refractivity contribution in [2.45, 2.75) is 6.54 Å². The summed E-state index contributed by atoms with van der Waals surface area (Å²) in [6.45, 7) is -0.189. The molecule has 8 nitrogen and oxygen atoms in total. The minimum atomic E-state index is -0.503. The van der Waals surface area contributed by atoms with E-state index in [0.29, 0.717) is 15.9 Å². The van der Waals surface area contributed by atoms with Gasteiger partial charge in [0.2, 0.25) is 5.91 Å². The fourth-order valence-corrected chi connectivity index (χ4v) is 4.01. The zero-order chi connectivity index (χ0) is 21.3. The second-order valence-electron chi connectivity index (χ2n) is 6.60. The zero-order valence-electron chi connectivity index (χ0n) is 15.9. The molecular weight excluding hydrogens is 404 g/mol. The molecule has 30 heavy (non-hydrogen) atoms. The maximum atomic E-state index is 12.9. The van der Waals surface area contributed by atoms with Gasteiger partial charge in [0.15, 0.2) is 0 Å². The van der Waals surface area contributed by atoms with Crippen LogP contribution in [0.4, 0.5) is 11.4 Å². The predicted octanol–water partition coefficient (Wildman–Crippen LogP) is 3.70. The fraction of sp³-hybridized carbons (Fsp3) is 0.0952. The summed E-state index contributed by atoms with van der Waals surface area (Å²) < 4.78 is 1.27. The molecule has 0 spiro atoms. The quantitative estimate of drug-likeness (QED) is 0.362. The molecule has 4 aromatic rings. The monoisotopic (exact) mass is 420 g/mol. The minimum absolute atomic E-state index is 0.0582. The van der Waals surface area contributed by atoms with E-state index in [2.05, 4.69) is 4.98 Å². The number of hydrogen-bond donors (Lipinski definition) is 0. The van der Waals surface area contributed by atoms with Gasteiger partial charge in [0.25, 0.3) is 11.2 Å². The standard InChI is InChI=1S/C21H16N4O4S/c1-23(15-7-9-16(10-8-15)25(28)29)19(26)12-24-13-22-20-17(21(24)27)11-18(30-20)14-5-3-2-4-6-14/h2-11,13H,12H2,1H3. The molecule has 0 bridgehead atoms. The van der Waals surface area contributed by atoms with Crippen molar-refractivity contribution in [1.82, 2.24) is 9.55 Å². The highest BCUT2D eigenvalue weighted by molar-refractivity contribution is 7.21. The van der Waals surface area contributed by atoms with Crippen LogP contribution < -0.4 is 10.5 Å². The van der Waals surface area contributed by atoms with E-state index in [4.69, 9.17) is 0 Å². The molecule has 0 aliphatic carbocycles. The first-order chi connectivity index (χ1) is 14.4. The number of benzene rings is 2. The molecule has 9 heteroatoms. The Balaban J connectivity index is 1.58. The Bertz CT molecular complexity index is 1300. The maximum absolute atomic E-state index is 12.9. The SMILES string of the molecule is CN(C(=O)Cn1cnc2sc(-c3ccccc3)cc2c1=O)c1ccc([N+](=O)[O-])cc1. The largest absolute Gasteiger partial charge is 0.314 e. The van der Waals surface area contributed by atoms with E-state index in [0.717, 1.165) is 10.4 Å². The van der Waals surface area contributed by atoms with Crippen molar-refractivity contribution >= 4 is 38.8 Å². The Morgan fingerprint density at radius 3 is 2.53 bits per heavy atom. The minimum Gasteiger partial charge on any atom is -0.314 e. The number of aromatic nitrogens is 2. The van der Waals surface area contributed by atoms with Gasteiger partial charge in [0.1, 0.15) is 11.4 Å². The number of rotatable bonds is 5. The van der Waals surface area contributed by atoms with Crippen LogP contribution in [0.1, 0.15) is 0 Å². The summed E-state index contributed by atoms with van der Waals surface area (Å²) in [4.78, 5) is 43.0. The molecule has 2 heterocycles. The number of amides is 1. The van der Waals surface area contributed by atoms with Crippen LogP contribution >= 0.6 is 11.3 Å². The van der Waals surface area contributed by atoms with Gasteiger partial charge in [-0.2, -0.15) is 0 Å². The molecule has 1 amide bonds. The number of carbonyl (C=O) groups is 1. The van der Waals surface area contributed by atoms with Crippen molar-refractivity contribution in [2.75, 3.05) is 11.9 Å². The van der Waals surface area contributed by atoms with Crippen LogP contribution in [-0.4, -0.2) is 27.4 Å². The van der Waals surface area contributed by atoms with E-state index in [1.165, 1.54) is 51.4 Å². The Labute approximate surface area is 174 Å². The first kappa shape index (κ1) is 19.5. The van der Waals surface area contributed by atoms with Gasteiger partial charge in [0, 0.05) is 29.7 Å². The van der Waals surface area contributed by atoms with Crippen LogP contribution in [0, 0.1) is 10.1 Å². The third kappa shape index (κ3) is 3.70. The van der Waals surface area contributed by atoms with Gasteiger partial charge in [-0.1, -0.05) is 30.3 Å². The van der Waals surface area contributed by atoms with Gasteiger partial charge in [-0.3, -0.25) is 24.3 Å². The van der Waals surface area contributed by atoms with Gasteiger partial charge in [0.05, 0.1) is 16.6 Å². The summed E-state index contributed by atoms with van der Waals surface area (Å²) in [6, 6.07) is 17.1. The molecule has 4 rings (SSSR count). The molecule has 0 radical (unpaired) electrons. The number of anilines is 1. The summed E-state index contributed by atoms with van der Waals surface area (Å²) in [5, 5.41) is 11.2. The van der Waals surface area contributed by atoms with Crippen LogP contribution in [0.3, 0.4) is 0 Å². The molecule has 2 aromatic carbocycles. The van der Waals surface area contributed by atoms with E-state index < -0.39 is 4.92 Å². The maximum Gasteiger partial charge on any atom is 0.269 e. The van der Waals surface area contributed by atoms with Crippen molar-refractivity contribution in [2.24, 2.45) is 0 Å². The highest BCUT2D eigenvalue weighted by atomic mass is 32.1. The van der Waals surface area contributed by atoms with Gasteiger partial charge >= 0.3 is 0 Å². The van der Waals surface area contributed by atoms with E-state index in [1.54, 1.807) is 13.1 Å². The lowest BCUT2D eigenvalue weighted by atomic mass is 10.2. The first-order valence-electron chi connectivity index (χ1n) is 8.99. The number of nitro groups is 1. The van der Waals surface area contributed by atoms with E-state index >= 15 is 0 Å². The number of likely N-dealkylation sites (N-methyl/N-ethyl adjacent to an activating group) is 1. The van der Waals surface area contributed by atoms with Crippen LogP contribution in [0.2, 0.25) is 0 Å². The Morgan fingerprint density at radius 2 is 1.87 bits per heavy atom. The lowest BCUT2D eigenvalue weighted by Crippen LogP contribution is -2.33. The highest BCUT2D eigenvalue weighted by Gasteiger charge is 2.16. The second kappa shape index (κ2) is 7.88. The molecule has 0 fully saturated rings. The average molecular weight is 420 g/mol. The van der Waals surface area contributed by atoms with Gasteiger partial charge in [-0.15, -0.1) is 11.3 Å². The van der Waals surface area contributed by atoms with Crippen molar-refractivity contribution in [1.29, 1.82) is 0 Å². The molecule has 0 N–H and O–H groups in total. The Kier molecular flexibility index (Phi) is 5.11. The van der Waals surface area contributed by atoms with Gasteiger partial charge < -0.3 is 4.90 Å². The predicted molar refractivity (Wildman–Crippen MR) is 116 cm³/mol. The molecule has 150 valence electrons. The molecule has 0 unspecified atom stereocenters. The third-order valence-corrected chi connectivity index (χ3v) is 5.80. The molecular formula is C21H16N4O4S. The smallest absolute Gasteiger partial charge is 0.269 e. The van der Waals surface area contributed by atoms with Crippen LogP contribution in [0.15, 0.2) is 71.8 Å². The van der Waals surface area contributed by atoms with Crippen LogP contribution in [0.25, 0.3) is 20.7 Å². The van der Waals surface area contributed by atoms with Crippen molar-refractivity contribution in [3.05, 3.63) is 87.5 Å². The number of nitro benzene ring substituents is 1. The molecule has 0 saturated heterocycles. The fourth-order valence-electron chi connectivity index (χ4n) is 3.01. The Hall–Kier alpha value is -3.85. The van der Waals surface area contributed by atoms with Crippen LogP contribution in [0.5, 0.6) is 0 Å². The number of fused-ring (bicyclic) bond motifs is 1. The number of hydrogen-bond acceptors (Lipinski definition) is 6. The number of nitrogens with zero attached hydrogens (tertiary/aromatic N) is 4. The van der Waals surface area contributed by atoms with Crippen molar-refractivity contribution in [3.63, 3.8) is 0 Å². The summed E-state index contributed by atoms with van der Waals surface area (Å²) in [6.07, 6.45) is 1.37. The lowest BCUT2D eigenvalue weighted by molar-refractivity contribution is -0.384. The molecule has 0 saturated carbocycles. The van der Waals surface area contributed by atoms with Crippen molar-refractivity contribution < 1.29 is 9.72 Å². The lowest BCUT2D eigenvalue weighted by Gasteiger charge is -2.17. The second-order valence-corrected chi connectivity index (χ2v) is 7.63. The highest BCUT2D eigenvalue weighted by Crippen LogP contribution is 2.30. The Morgan fingerprint density at radius 1 is 1.17 bits per heavy atom. The van der Waals surface area contributed by atoms with E-state index in [9.17, 15) is 19.7 Å². The molecule has 0 atom stereocenters. The number of thiophene rings is 1. The summed E-state index contributed by atoms with van der Waals surface area (Å²) in [5.41, 5.74) is 1.15. The van der Waals surface area contributed by atoms with Gasteiger partial charge in [-0.05, 0) is 23.8 Å². The van der Waals surface area contributed by atoms with Gasteiger partial charge in [-0.25, -0.2) is 4.98 Å². The molecule has 2 aromatic heterocycles. The van der Waals surface area contributed by atoms with Crippen molar-refractivity contribution in [3.8, 4) is 10.4 Å². The topological polar surface area (TPSA) is 98.3 Å². The summed E-state index contributed by atoms with van der Waals surface area (Å²) in [7, 11) is 1.55. The van der Waals surface area contributed by atoms with E-state index in [-0.39, 0.29) is 23.7 Å².